The molecule has 1 N–H and O–H groups in total. The zero-order valence-corrected chi connectivity index (χ0v) is 18.6. The zero-order valence-electron chi connectivity index (χ0n) is 17.8. The van der Waals surface area contributed by atoms with Gasteiger partial charge >= 0.3 is 0 Å². The van der Waals surface area contributed by atoms with Crippen LogP contribution in [0.25, 0.3) is 0 Å². The minimum absolute atomic E-state index is 0.0758. The second-order valence-corrected chi connectivity index (χ2v) is 8.72. The standard InChI is InChI=1S/C23H28ClN3O2/c1-14-7-8-17(21(9-14)29-6)22(28)26-25-13-16-10-18-15(2)12-23(3,4)27(5)20(18)11-19(16)24/h7-11,13,15H,12H2,1-6H3,(H,26,28)/b25-13-/t15-/m0/s1. The number of hydrazone groups is 1. The molecule has 3 rings (SSSR count). The molecule has 0 saturated heterocycles. The van der Waals surface area contributed by atoms with E-state index in [2.05, 4.69) is 49.3 Å². The fraction of sp³-hybridized carbons (Fsp3) is 0.391. The average molecular weight is 414 g/mol. The smallest absolute Gasteiger partial charge is 0.275 e. The Labute approximate surface area is 177 Å². The van der Waals surface area contributed by atoms with E-state index in [1.165, 1.54) is 5.56 Å². The molecule has 0 bridgehead atoms. The summed E-state index contributed by atoms with van der Waals surface area (Å²) in [5.74, 6) is 0.595. The van der Waals surface area contributed by atoms with E-state index >= 15 is 0 Å². The lowest BCUT2D eigenvalue weighted by Gasteiger charge is -2.45. The summed E-state index contributed by atoms with van der Waals surface area (Å²) in [6, 6.07) is 9.46. The van der Waals surface area contributed by atoms with Gasteiger partial charge in [-0.25, -0.2) is 5.43 Å². The van der Waals surface area contributed by atoms with Crippen LogP contribution in [-0.2, 0) is 0 Å². The van der Waals surface area contributed by atoms with Gasteiger partial charge in [0.2, 0.25) is 0 Å². The minimum atomic E-state index is -0.331. The number of carbonyl (C=O) groups is 1. The van der Waals surface area contributed by atoms with Crippen molar-refractivity contribution < 1.29 is 9.53 Å². The molecule has 2 aromatic rings. The summed E-state index contributed by atoms with van der Waals surface area (Å²) in [6.07, 6.45) is 2.65. The first-order valence-corrected chi connectivity index (χ1v) is 10.1. The van der Waals surface area contributed by atoms with Crippen molar-refractivity contribution in [2.75, 3.05) is 19.1 Å². The number of carbonyl (C=O) groups excluding carboxylic acids is 1. The van der Waals surface area contributed by atoms with E-state index in [1.54, 1.807) is 19.4 Å². The number of benzene rings is 2. The van der Waals surface area contributed by atoms with Gasteiger partial charge in [0.15, 0.2) is 0 Å². The van der Waals surface area contributed by atoms with Gasteiger partial charge in [-0.15, -0.1) is 0 Å². The van der Waals surface area contributed by atoms with Gasteiger partial charge in [-0.2, -0.15) is 5.10 Å². The Kier molecular flexibility index (Phi) is 5.90. The molecule has 1 heterocycles. The summed E-state index contributed by atoms with van der Waals surface area (Å²) in [5.41, 5.74) is 7.25. The lowest BCUT2D eigenvalue weighted by molar-refractivity contribution is 0.0952. The van der Waals surface area contributed by atoms with Crippen LogP contribution >= 0.6 is 11.6 Å². The molecule has 0 aliphatic carbocycles. The number of nitrogens with one attached hydrogen (secondary N) is 1. The fourth-order valence-electron chi connectivity index (χ4n) is 3.91. The molecule has 0 fully saturated rings. The van der Waals surface area contributed by atoms with Crippen molar-refractivity contribution in [3.63, 3.8) is 0 Å². The molecule has 6 heteroatoms. The maximum atomic E-state index is 12.5. The van der Waals surface area contributed by atoms with Crippen molar-refractivity contribution in [2.45, 2.75) is 45.6 Å². The Balaban J connectivity index is 1.82. The van der Waals surface area contributed by atoms with Gasteiger partial charge in [0.1, 0.15) is 5.75 Å². The Morgan fingerprint density at radius 1 is 1.34 bits per heavy atom. The lowest BCUT2D eigenvalue weighted by Crippen LogP contribution is -2.45. The van der Waals surface area contributed by atoms with Crippen LogP contribution in [0.2, 0.25) is 5.02 Å². The number of nitrogens with zero attached hydrogens (tertiary/aromatic N) is 2. The first-order valence-electron chi connectivity index (χ1n) is 9.69. The van der Waals surface area contributed by atoms with Crippen LogP contribution in [0.15, 0.2) is 35.4 Å². The summed E-state index contributed by atoms with van der Waals surface area (Å²) >= 11 is 6.51. The molecule has 5 nitrogen and oxygen atoms in total. The SMILES string of the molecule is COc1cc(C)ccc1C(=O)N/N=C\c1cc2c(cc1Cl)N(C)C(C)(C)C[C@@H]2C. The molecule has 1 amide bonds. The Hall–Kier alpha value is -2.53. The summed E-state index contributed by atoms with van der Waals surface area (Å²) in [6.45, 7) is 8.66. The fourth-order valence-corrected chi connectivity index (χ4v) is 4.12. The van der Waals surface area contributed by atoms with Gasteiger partial charge in [-0.3, -0.25) is 4.79 Å². The van der Waals surface area contributed by atoms with Crippen molar-refractivity contribution in [1.82, 2.24) is 5.43 Å². The number of ether oxygens (including phenoxy) is 1. The van der Waals surface area contributed by atoms with Crippen LogP contribution in [-0.4, -0.2) is 31.8 Å². The molecule has 1 aliphatic rings. The van der Waals surface area contributed by atoms with Crippen LogP contribution < -0.4 is 15.1 Å². The van der Waals surface area contributed by atoms with Crippen molar-refractivity contribution in [1.29, 1.82) is 0 Å². The van der Waals surface area contributed by atoms with Gasteiger partial charge < -0.3 is 9.64 Å². The number of halogens is 1. The van der Waals surface area contributed by atoms with Gasteiger partial charge in [0.05, 0.1) is 23.9 Å². The van der Waals surface area contributed by atoms with E-state index in [-0.39, 0.29) is 11.4 Å². The number of fused-ring (bicyclic) bond motifs is 1. The van der Waals surface area contributed by atoms with E-state index in [4.69, 9.17) is 16.3 Å². The third kappa shape index (κ3) is 4.25. The topological polar surface area (TPSA) is 53.9 Å². The molecule has 2 aromatic carbocycles. The maximum Gasteiger partial charge on any atom is 0.275 e. The van der Waals surface area contributed by atoms with Crippen molar-refractivity contribution in [3.05, 3.63) is 57.6 Å². The molecule has 154 valence electrons. The highest BCUT2D eigenvalue weighted by Gasteiger charge is 2.34. The Morgan fingerprint density at radius 3 is 2.76 bits per heavy atom. The molecular formula is C23H28ClN3O2. The third-order valence-electron chi connectivity index (χ3n) is 5.72. The predicted octanol–water partition coefficient (Wildman–Crippen LogP) is 5.14. The molecule has 0 aromatic heterocycles. The summed E-state index contributed by atoms with van der Waals surface area (Å²) in [5, 5.41) is 4.72. The minimum Gasteiger partial charge on any atom is -0.496 e. The van der Waals surface area contributed by atoms with Crippen LogP contribution in [0.3, 0.4) is 0 Å². The normalized spacial score (nSPS) is 17.9. The van der Waals surface area contributed by atoms with Gasteiger partial charge in [-0.05, 0) is 68.5 Å². The highest BCUT2D eigenvalue weighted by molar-refractivity contribution is 6.33. The van der Waals surface area contributed by atoms with E-state index in [0.29, 0.717) is 22.3 Å². The predicted molar refractivity (Wildman–Crippen MR) is 120 cm³/mol. The quantitative estimate of drug-likeness (QED) is 0.557. The highest BCUT2D eigenvalue weighted by Crippen LogP contribution is 2.44. The third-order valence-corrected chi connectivity index (χ3v) is 6.05. The Bertz CT molecular complexity index is 969. The van der Waals surface area contributed by atoms with Gasteiger partial charge in [0.25, 0.3) is 5.91 Å². The summed E-state index contributed by atoms with van der Waals surface area (Å²) in [7, 11) is 3.64. The number of aryl methyl sites for hydroxylation is 1. The first kappa shape index (κ1) is 21.2. The largest absolute Gasteiger partial charge is 0.496 e. The van der Waals surface area contributed by atoms with Crippen LogP contribution in [0.1, 0.15) is 60.2 Å². The molecular weight excluding hydrogens is 386 g/mol. The second kappa shape index (κ2) is 8.07. The molecule has 1 aliphatic heterocycles. The number of hydrogen-bond acceptors (Lipinski definition) is 4. The maximum absolute atomic E-state index is 12.5. The summed E-state index contributed by atoms with van der Waals surface area (Å²) < 4.78 is 5.29. The highest BCUT2D eigenvalue weighted by atomic mass is 35.5. The number of methoxy groups -OCH3 is 1. The molecule has 0 radical (unpaired) electrons. The number of amides is 1. The molecule has 29 heavy (non-hydrogen) atoms. The van der Waals surface area contributed by atoms with E-state index in [9.17, 15) is 4.79 Å². The van der Waals surface area contributed by atoms with Crippen molar-refractivity contribution in [3.8, 4) is 5.75 Å². The number of anilines is 1. The number of rotatable bonds is 4. The molecule has 1 atom stereocenters. The average Bonchev–Trinajstić information content (AvgIpc) is 2.66. The van der Waals surface area contributed by atoms with Crippen LogP contribution in [0.5, 0.6) is 5.75 Å². The first-order chi connectivity index (χ1) is 13.6. The van der Waals surface area contributed by atoms with Crippen molar-refractivity contribution in [2.24, 2.45) is 5.10 Å². The van der Waals surface area contributed by atoms with Gasteiger partial charge in [0, 0.05) is 23.8 Å². The monoisotopic (exact) mass is 413 g/mol. The van der Waals surface area contributed by atoms with E-state index in [1.807, 2.05) is 25.1 Å². The van der Waals surface area contributed by atoms with E-state index in [0.717, 1.165) is 23.2 Å². The van der Waals surface area contributed by atoms with Crippen LogP contribution in [0.4, 0.5) is 5.69 Å². The van der Waals surface area contributed by atoms with Gasteiger partial charge in [-0.1, -0.05) is 24.6 Å². The van der Waals surface area contributed by atoms with Crippen molar-refractivity contribution >= 4 is 29.4 Å². The molecule has 0 saturated carbocycles. The molecule has 0 unspecified atom stereocenters. The molecule has 0 spiro atoms. The second-order valence-electron chi connectivity index (χ2n) is 8.31. The Morgan fingerprint density at radius 2 is 2.07 bits per heavy atom. The number of hydrogen-bond donors (Lipinski definition) is 1. The van der Waals surface area contributed by atoms with E-state index < -0.39 is 0 Å². The zero-order chi connectivity index (χ0) is 21.3. The lowest BCUT2D eigenvalue weighted by atomic mass is 9.80. The summed E-state index contributed by atoms with van der Waals surface area (Å²) in [4.78, 5) is 14.7. The van der Waals surface area contributed by atoms with Crippen LogP contribution in [0, 0.1) is 6.92 Å².